The molecule has 2 aliphatic rings. The third-order valence-electron chi connectivity index (χ3n) is 6.48. The maximum Gasteiger partial charge on any atom is 0.276 e. The number of nitrogens with one attached hydrogen (secondary N) is 1. The molecule has 1 aromatic carbocycles. The van der Waals surface area contributed by atoms with Crippen molar-refractivity contribution in [2.75, 3.05) is 19.0 Å². The maximum absolute atomic E-state index is 15.1. The van der Waals surface area contributed by atoms with E-state index in [-0.39, 0.29) is 28.8 Å². The molecule has 3 N–H and O–H groups in total. The number of hydrogen-bond acceptors (Lipinski definition) is 10. The molecule has 188 valence electrons. The Hall–Kier alpha value is -3.51. The van der Waals surface area contributed by atoms with Crippen LogP contribution in [0.4, 0.5) is 10.1 Å². The summed E-state index contributed by atoms with van der Waals surface area (Å²) >= 11 is 1.48. The minimum Gasteiger partial charge on any atom is -0.467 e. The third kappa shape index (κ3) is 4.42. The Morgan fingerprint density at radius 1 is 1.39 bits per heavy atom. The van der Waals surface area contributed by atoms with Gasteiger partial charge >= 0.3 is 0 Å². The van der Waals surface area contributed by atoms with E-state index in [2.05, 4.69) is 25.3 Å². The van der Waals surface area contributed by atoms with E-state index in [1.165, 1.54) is 42.6 Å². The lowest BCUT2D eigenvalue weighted by Crippen LogP contribution is -2.37. The lowest BCUT2D eigenvalue weighted by molar-refractivity contribution is 0.102. The fourth-order valence-corrected chi connectivity index (χ4v) is 6.17. The smallest absolute Gasteiger partial charge is 0.276 e. The summed E-state index contributed by atoms with van der Waals surface area (Å²) in [5, 5.41) is 3.18. The number of hydrogen-bond donors (Lipinski definition) is 2. The number of nitrogens with zero attached hydrogens (tertiary/aromatic N) is 4. The Morgan fingerprint density at radius 2 is 2.22 bits per heavy atom. The molecular formula is C24H25FN6O4S. The summed E-state index contributed by atoms with van der Waals surface area (Å²) in [6, 6.07) is 4.42. The van der Waals surface area contributed by atoms with Gasteiger partial charge in [-0.05, 0) is 38.5 Å². The highest BCUT2D eigenvalue weighted by Crippen LogP contribution is 2.66. The number of aryl methyl sites for hydroxylation is 1. The number of fused-ring (bicyclic) bond motifs is 1. The second-order valence-corrected chi connectivity index (χ2v) is 10.4. The van der Waals surface area contributed by atoms with Crippen LogP contribution in [0.3, 0.4) is 0 Å². The number of thioether (sulfide) groups is 1. The van der Waals surface area contributed by atoms with Gasteiger partial charge in [-0.3, -0.25) is 9.79 Å². The first-order valence-corrected chi connectivity index (χ1v) is 12.1. The van der Waals surface area contributed by atoms with Gasteiger partial charge in [0.1, 0.15) is 17.8 Å². The Labute approximate surface area is 210 Å². The van der Waals surface area contributed by atoms with Gasteiger partial charge in [0.2, 0.25) is 11.8 Å². The molecule has 1 aliphatic carbocycles. The van der Waals surface area contributed by atoms with Crippen molar-refractivity contribution in [2.45, 2.75) is 37.2 Å². The molecule has 5 rings (SSSR count). The summed E-state index contributed by atoms with van der Waals surface area (Å²) in [5.74, 6) is -0.219. The summed E-state index contributed by atoms with van der Waals surface area (Å²) in [4.78, 5) is 30.0. The highest BCUT2D eigenvalue weighted by molar-refractivity contribution is 8.15. The number of anilines is 1. The lowest BCUT2D eigenvalue weighted by Gasteiger charge is -2.34. The van der Waals surface area contributed by atoms with Crippen molar-refractivity contribution in [1.82, 2.24) is 15.0 Å². The molecule has 36 heavy (non-hydrogen) atoms. The van der Waals surface area contributed by atoms with Crippen LogP contribution in [-0.4, -0.2) is 44.5 Å². The van der Waals surface area contributed by atoms with E-state index in [1.54, 1.807) is 20.1 Å². The fourth-order valence-electron chi connectivity index (χ4n) is 4.72. The zero-order valence-electron chi connectivity index (χ0n) is 19.9. The summed E-state index contributed by atoms with van der Waals surface area (Å²) in [7, 11) is 1.64. The summed E-state index contributed by atoms with van der Waals surface area (Å²) < 4.78 is 30.9. The fraction of sp³-hybridized carbons (Fsp3) is 0.375. The SMILES string of the molecule is COC[C@]12C[C@H]1[C@@](C)(c1cc(NC(=O)c3ncc(OCc4ncco4)nc3C)ccc1F)N=C(N)S2. The normalized spacial score (nSPS) is 24.6. The van der Waals surface area contributed by atoms with Gasteiger partial charge in [-0.25, -0.2) is 19.3 Å². The molecule has 0 saturated heterocycles. The number of oxazole rings is 1. The van der Waals surface area contributed by atoms with Gasteiger partial charge in [0, 0.05) is 24.3 Å². The first kappa shape index (κ1) is 24.2. The van der Waals surface area contributed by atoms with Crippen LogP contribution in [0.5, 0.6) is 5.88 Å². The number of methoxy groups -OCH3 is 1. The summed E-state index contributed by atoms with van der Waals surface area (Å²) in [6.07, 6.45) is 5.11. The number of nitrogens with two attached hydrogens (primary N) is 1. The van der Waals surface area contributed by atoms with E-state index in [0.29, 0.717) is 34.6 Å². The number of benzene rings is 1. The van der Waals surface area contributed by atoms with E-state index in [4.69, 9.17) is 19.6 Å². The van der Waals surface area contributed by atoms with E-state index in [1.807, 2.05) is 6.92 Å². The number of aromatic nitrogens is 3. The molecule has 0 spiro atoms. The number of amidine groups is 1. The molecule has 10 nitrogen and oxygen atoms in total. The van der Waals surface area contributed by atoms with E-state index in [9.17, 15) is 4.79 Å². The molecule has 3 aromatic rings. The molecule has 1 aliphatic heterocycles. The average molecular weight is 513 g/mol. The number of amides is 1. The monoisotopic (exact) mass is 512 g/mol. The Morgan fingerprint density at radius 3 is 2.94 bits per heavy atom. The van der Waals surface area contributed by atoms with Crippen molar-refractivity contribution in [3.05, 3.63) is 65.5 Å². The number of carbonyl (C=O) groups is 1. The first-order chi connectivity index (χ1) is 17.2. The van der Waals surface area contributed by atoms with Gasteiger partial charge in [0.25, 0.3) is 5.91 Å². The molecule has 1 saturated carbocycles. The number of rotatable bonds is 8. The molecule has 2 aromatic heterocycles. The highest BCUT2D eigenvalue weighted by atomic mass is 32.2. The number of ether oxygens (including phenoxy) is 2. The molecule has 1 fully saturated rings. The molecule has 0 bridgehead atoms. The quantitative estimate of drug-likeness (QED) is 0.465. The largest absolute Gasteiger partial charge is 0.467 e. The average Bonchev–Trinajstić information content (AvgIpc) is 3.31. The van der Waals surface area contributed by atoms with Crippen molar-refractivity contribution in [3.8, 4) is 5.88 Å². The highest BCUT2D eigenvalue weighted by Gasteiger charge is 2.66. The van der Waals surface area contributed by atoms with Gasteiger partial charge in [0.15, 0.2) is 11.8 Å². The van der Waals surface area contributed by atoms with Crippen LogP contribution < -0.4 is 15.8 Å². The Balaban J connectivity index is 1.34. The van der Waals surface area contributed by atoms with Gasteiger partial charge in [-0.15, -0.1) is 0 Å². The summed E-state index contributed by atoms with van der Waals surface area (Å²) in [6.45, 7) is 4.11. The van der Waals surface area contributed by atoms with E-state index < -0.39 is 17.3 Å². The zero-order valence-corrected chi connectivity index (χ0v) is 20.8. The first-order valence-electron chi connectivity index (χ1n) is 11.2. The maximum atomic E-state index is 15.1. The topological polar surface area (TPSA) is 138 Å². The van der Waals surface area contributed by atoms with Crippen LogP contribution in [0, 0.1) is 18.7 Å². The van der Waals surface area contributed by atoms with Crippen LogP contribution >= 0.6 is 11.8 Å². The Kier molecular flexibility index (Phi) is 6.17. The minimum absolute atomic E-state index is 0.0553. The molecule has 0 radical (unpaired) electrons. The van der Waals surface area contributed by atoms with Crippen LogP contribution in [-0.2, 0) is 16.9 Å². The van der Waals surface area contributed by atoms with Crippen molar-refractivity contribution in [2.24, 2.45) is 16.6 Å². The van der Waals surface area contributed by atoms with Crippen molar-refractivity contribution < 1.29 is 23.1 Å². The van der Waals surface area contributed by atoms with E-state index >= 15 is 4.39 Å². The molecule has 3 heterocycles. The Bertz CT molecular complexity index is 1340. The molecule has 12 heteroatoms. The number of aliphatic imine (C=N–C) groups is 1. The van der Waals surface area contributed by atoms with Crippen LogP contribution in [0.1, 0.15) is 41.0 Å². The predicted molar refractivity (Wildman–Crippen MR) is 131 cm³/mol. The van der Waals surface area contributed by atoms with Gasteiger partial charge in [-0.1, -0.05) is 11.8 Å². The number of halogens is 1. The third-order valence-corrected chi connectivity index (χ3v) is 7.75. The predicted octanol–water partition coefficient (Wildman–Crippen LogP) is 3.43. The summed E-state index contributed by atoms with van der Waals surface area (Å²) in [5.41, 5.74) is 6.52. The number of carbonyl (C=O) groups excluding carboxylic acids is 1. The molecule has 1 amide bonds. The van der Waals surface area contributed by atoms with Gasteiger partial charge in [0.05, 0.1) is 35.0 Å². The van der Waals surface area contributed by atoms with Crippen LogP contribution in [0.25, 0.3) is 0 Å². The standard InChI is InChI=1S/C24H25FN6O4S/c1-13-20(28-10-18(29-13)35-11-19-27-6-7-34-19)21(32)30-14-4-5-16(25)15(8-14)23(2)17-9-24(17,12-33-3)36-22(26)31-23/h4-8,10,17H,9,11-12H2,1-3H3,(H2,26,31)(H,30,32)/t17-,23+,24+/m0/s1. The van der Waals surface area contributed by atoms with Crippen molar-refractivity contribution >= 4 is 28.5 Å². The van der Waals surface area contributed by atoms with Gasteiger partial charge in [-0.2, -0.15) is 0 Å². The zero-order chi connectivity index (χ0) is 25.5. The minimum atomic E-state index is -0.879. The second-order valence-electron chi connectivity index (χ2n) is 8.96. The second kappa shape index (κ2) is 9.17. The molecule has 0 unspecified atom stereocenters. The molecule has 3 atom stereocenters. The lowest BCUT2D eigenvalue weighted by atomic mass is 9.85. The van der Waals surface area contributed by atoms with Crippen LogP contribution in [0.2, 0.25) is 0 Å². The van der Waals surface area contributed by atoms with Crippen molar-refractivity contribution in [1.29, 1.82) is 0 Å². The van der Waals surface area contributed by atoms with E-state index in [0.717, 1.165) is 6.42 Å². The van der Waals surface area contributed by atoms with Crippen molar-refractivity contribution in [3.63, 3.8) is 0 Å². The molecular weight excluding hydrogens is 487 g/mol. The van der Waals surface area contributed by atoms with Crippen LogP contribution in [0.15, 0.2) is 46.3 Å². The van der Waals surface area contributed by atoms with Gasteiger partial charge < -0.3 is 24.9 Å².